The molecule has 2 amide bonds. The molecule has 2 aliphatic rings. The molecule has 30 heavy (non-hydrogen) atoms. The Morgan fingerprint density at radius 1 is 1.30 bits per heavy atom. The summed E-state index contributed by atoms with van der Waals surface area (Å²) in [6, 6.07) is 6.85. The molecule has 9 heteroatoms. The highest BCUT2D eigenvalue weighted by Gasteiger charge is 2.27. The third kappa shape index (κ3) is 4.06. The Balaban J connectivity index is 1.37. The van der Waals surface area contributed by atoms with Crippen molar-refractivity contribution in [3.05, 3.63) is 47.4 Å². The van der Waals surface area contributed by atoms with Crippen molar-refractivity contribution in [1.29, 1.82) is 0 Å². The van der Waals surface area contributed by atoms with Crippen LogP contribution in [0.1, 0.15) is 22.8 Å². The molecule has 4 rings (SSSR count). The summed E-state index contributed by atoms with van der Waals surface area (Å²) in [5.74, 6) is 0.0289. The number of carbonyl (C=O) groups is 2. The maximum absolute atomic E-state index is 14.4. The molecule has 0 bridgehead atoms. The van der Waals surface area contributed by atoms with Crippen molar-refractivity contribution in [3.63, 3.8) is 0 Å². The van der Waals surface area contributed by atoms with Crippen LogP contribution in [0.4, 0.5) is 15.9 Å². The first-order chi connectivity index (χ1) is 14.4. The number of hydrogen-bond donors (Lipinski definition) is 2. The molecule has 0 saturated carbocycles. The monoisotopic (exact) mass is 413 g/mol. The van der Waals surface area contributed by atoms with Crippen molar-refractivity contribution in [2.45, 2.75) is 19.6 Å². The van der Waals surface area contributed by atoms with E-state index in [0.29, 0.717) is 17.8 Å². The lowest BCUT2D eigenvalue weighted by Gasteiger charge is -2.35. The summed E-state index contributed by atoms with van der Waals surface area (Å²) in [5.41, 5.74) is 1.69. The number of hydrogen-bond acceptors (Lipinski definition) is 6. The number of nitrogens with zero attached hydrogens (tertiary/aromatic N) is 3. The number of aromatic nitrogens is 1. The van der Waals surface area contributed by atoms with Crippen molar-refractivity contribution in [2.75, 3.05) is 43.4 Å². The van der Waals surface area contributed by atoms with Crippen LogP contribution in [0, 0.1) is 5.82 Å². The fourth-order valence-corrected chi connectivity index (χ4v) is 3.66. The second-order valence-corrected chi connectivity index (χ2v) is 7.45. The Kier molecular flexibility index (Phi) is 5.54. The van der Waals surface area contributed by atoms with E-state index in [1.54, 1.807) is 32.3 Å². The third-order valence-corrected chi connectivity index (χ3v) is 5.36. The number of benzene rings is 1. The van der Waals surface area contributed by atoms with Gasteiger partial charge in [0.25, 0.3) is 11.8 Å². The Morgan fingerprint density at radius 2 is 2.07 bits per heavy atom. The van der Waals surface area contributed by atoms with Crippen molar-refractivity contribution in [3.8, 4) is 5.75 Å². The molecular formula is C21H24FN5O3. The van der Waals surface area contributed by atoms with E-state index in [2.05, 4.69) is 25.4 Å². The number of anilines is 2. The predicted octanol–water partition coefficient (Wildman–Crippen LogP) is 1.62. The number of fused-ring (bicyclic) bond motifs is 1. The zero-order chi connectivity index (χ0) is 21.3. The number of ether oxygens (including phenoxy) is 1. The van der Waals surface area contributed by atoms with Crippen molar-refractivity contribution >= 4 is 23.3 Å². The van der Waals surface area contributed by atoms with E-state index in [1.165, 1.54) is 6.07 Å². The van der Waals surface area contributed by atoms with Gasteiger partial charge < -0.3 is 20.3 Å². The van der Waals surface area contributed by atoms with E-state index in [4.69, 9.17) is 4.74 Å². The Bertz CT molecular complexity index is 958. The lowest BCUT2D eigenvalue weighted by atomic mass is 10.1. The number of piperazine rings is 1. The summed E-state index contributed by atoms with van der Waals surface area (Å²) in [7, 11) is 1.59. The molecule has 1 atom stereocenters. The number of nitrogens with one attached hydrogen (secondary N) is 2. The van der Waals surface area contributed by atoms with Crippen molar-refractivity contribution < 1.29 is 18.7 Å². The smallest absolute Gasteiger partial charge is 0.265 e. The van der Waals surface area contributed by atoms with Gasteiger partial charge in [-0.3, -0.25) is 14.5 Å². The van der Waals surface area contributed by atoms with E-state index in [-0.39, 0.29) is 17.6 Å². The highest BCUT2D eigenvalue weighted by molar-refractivity contribution is 5.97. The average Bonchev–Trinajstić information content (AvgIpc) is 2.75. The van der Waals surface area contributed by atoms with Crippen LogP contribution in [0.25, 0.3) is 0 Å². The van der Waals surface area contributed by atoms with Gasteiger partial charge in [0.2, 0.25) is 0 Å². The first-order valence-electron chi connectivity index (χ1n) is 9.90. The van der Waals surface area contributed by atoms with Gasteiger partial charge in [-0.1, -0.05) is 0 Å². The summed E-state index contributed by atoms with van der Waals surface area (Å²) in [4.78, 5) is 32.2. The molecule has 3 heterocycles. The summed E-state index contributed by atoms with van der Waals surface area (Å²) in [6.07, 6.45) is 0.873. The molecule has 2 N–H and O–H groups in total. The average molecular weight is 413 g/mol. The zero-order valence-electron chi connectivity index (χ0n) is 16.9. The summed E-state index contributed by atoms with van der Waals surface area (Å²) >= 11 is 0. The zero-order valence-corrected chi connectivity index (χ0v) is 16.9. The summed E-state index contributed by atoms with van der Waals surface area (Å²) < 4.78 is 19.8. The Labute approximate surface area is 174 Å². The maximum atomic E-state index is 14.4. The fraction of sp³-hybridized carbons (Fsp3) is 0.381. The Morgan fingerprint density at radius 3 is 2.73 bits per heavy atom. The van der Waals surface area contributed by atoms with Crippen molar-refractivity contribution in [1.82, 2.24) is 15.2 Å². The highest BCUT2D eigenvalue weighted by atomic mass is 19.1. The minimum atomic E-state index is -0.704. The molecule has 2 aromatic rings. The van der Waals surface area contributed by atoms with E-state index in [0.717, 1.165) is 37.6 Å². The molecule has 0 spiro atoms. The molecule has 0 aliphatic carbocycles. The summed E-state index contributed by atoms with van der Waals surface area (Å²) in [5, 5.41) is 5.29. The molecule has 1 unspecified atom stereocenters. The second-order valence-electron chi connectivity index (χ2n) is 7.45. The van der Waals surface area contributed by atoms with Gasteiger partial charge in [0.05, 0.1) is 11.3 Å². The molecule has 0 radical (unpaired) electrons. The standard InChI is InChI=1S/C21H24FN5O3/c1-13-20(28)25-17-10-14(9-16(22)19(17)30-13)12-26-5-7-27(8-6-26)18-4-3-15(11-24-18)21(29)23-2/h3-4,9-11,13H,5-8,12H2,1-2H3,(H,23,29)(H,25,28). The van der Waals surface area contributed by atoms with Crippen LogP contribution < -0.4 is 20.3 Å². The molecule has 8 nitrogen and oxygen atoms in total. The lowest BCUT2D eigenvalue weighted by molar-refractivity contribution is -0.122. The van der Waals surface area contributed by atoms with Crippen LogP contribution in [0.2, 0.25) is 0 Å². The minimum Gasteiger partial charge on any atom is -0.476 e. The number of carbonyl (C=O) groups excluding carboxylic acids is 2. The van der Waals surface area contributed by atoms with Gasteiger partial charge in [0.1, 0.15) is 5.82 Å². The molecular weight excluding hydrogens is 389 g/mol. The van der Waals surface area contributed by atoms with Gasteiger partial charge in [-0.15, -0.1) is 0 Å². The normalized spacial score (nSPS) is 19.0. The minimum absolute atomic E-state index is 0.0990. The van der Waals surface area contributed by atoms with Gasteiger partial charge in [0, 0.05) is 46.0 Å². The van der Waals surface area contributed by atoms with E-state index >= 15 is 0 Å². The predicted molar refractivity (Wildman–Crippen MR) is 110 cm³/mol. The maximum Gasteiger partial charge on any atom is 0.265 e. The lowest BCUT2D eigenvalue weighted by Crippen LogP contribution is -2.46. The molecule has 2 aliphatic heterocycles. The van der Waals surface area contributed by atoms with Crippen LogP contribution in [-0.2, 0) is 11.3 Å². The Hall–Kier alpha value is -3.20. The first-order valence-corrected chi connectivity index (χ1v) is 9.90. The number of amides is 2. The highest BCUT2D eigenvalue weighted by Crippen LogP contribution is 2.34. The quantitative estimate of drug-likeness (QED) is 0.792. The third-order valence-electron chi connectivity index (χ3n) is 5.36. The van der Waals surface area contributed by atoms with Crippen LogP contribution >= 0.6 is 0 Å². The molecule has 1 aromatic heterocycles. The van der Waals surface area contributed by atoms with Crippen LogP contribution in [0.15, 0.2) is 30.5 Å². The van der Waals surface area contributed by atoms with Crippen LogP contribution in [-0.4, -0.2) is 61.0 Å². The fourth-order valence-electron chi connectivity index (χ4n) is 3.66. The van der Waals surface area contributed by atoms with E-state index in [1.807, 2.05) is 6.07 Å². The van der Waals surface area contributed by atoms with Crippen LogP contribution in [0.5, 0.6) is 5.75 Å². The van der Waals surface area contributed by atoms with Gasteiger partial charge in [-0.2, -0.15) is 0 Å². The molecule has 1 fully saturated rings. The van der Waals surface area contributed by atoms with Gasteiger partial charge >= 0.3 is 0 Å². The van der Waals surface area contributed by atoms with Crippen molar-refractivity contribution in [2.24, 2.45) is 0 Å². The second kappa shape index (κ2) is 8.27. The SMILES string of the molecule is CNC(=O)c1ccc(N2CCN(Cc3cc(F)c4c(c3)NC(=O)C(C)O4)CC2)nc1. The number of halogens is 1. The van der Waals surface area contributed by atoms with Gasteiger partial charge in [-0.25, -0.2) is 9.37 Å². The molecule has 158 valence electrons. The van der Waals surface area contributed by atoms with Gasteiger partial charge in [-0.05, 0) is 36.8 Å². The topological polar surface area (TPSA) is 86.8 Å². The summed E-state index contributed by atoms with van der Waals surface area (Å²) in [6.45, 7) is 5.29. The number of rotatable bonds is 4. The van der Waals surface area contributed by atoms with E-state index in [9.17, 15) is 14.0 Å². The largest absolute Gasteiger partial charge is 0.476 e. The molecule has 1 aromatic carbocycles. The van der Waals surface area contributed by atoms with Gasteiger partial charge in [0.15, 0.2) is 17.7 Å². The molecule has 1 saturated heterocycles. The van der Waals surface area contributed by atoms with E-state index < -0.39 is 11.9 Å². The first kappa shape index (κ1) is 20.1. The van der Waals surface area contributed by atoms with Crippen LogP contribution in [0.3, 0.4) is 0 Å². The number of pyridine rings is 1.